The molecule has 1 aromatic rings. The van der Waals surface area contributed by atoms with E-state index in [4.69, 9.17) is 9.47 Å². The van der Waals surface area contributed by atoms with Gasteiger partial charge in [0.15, 0.2) is 11.5 Å². The average molecular weight is 249 g/mol. The fourth-order valence-electron chi connectivity index (χ4n) is 2.18. The van der Waals surface area contributed by atoms with Crippen LogP contribution in [0.2, 0.25) is 0 Å². The van der Waals surface area contributed by atoms with Crippen LogP contribution in [0.25, 0.3) is 0 Å². The third-order valence-corrected chi connectivity index (χ3v) is 3.54. The van der Waals surface area contributed by atoms with Crippen LogP contribution >= 0.6 is 0 Å². The minimum Gasteiger partial charge on any atom is -0.493 e. The molecule has 1 N–H and O–H groups in total. The zero-order valence-corrected chi connectivity index (χ0v) is 11.5. The third kappa shape index (κ3) is 3.39. The Morgan fingerprint density at radius 1 is 1.33 bits per heavy atom. The minimum atomic E-state index is 0.660. The first-order valence-corrected chi connectivity index (χ1v) is 6.75. The van der Waals surface area contributed by atoms with Crippen molar-refractivity contribution in [1.29, 1.82) is 0 Å². The number of hydrogen-bond acceptors (Lipinski definition) is 3. The van der Waals surface area contributed by atoms with E-state index in [2.05, 4.69) is 18.3 Å². The standard InChI is InChI=1S/C15H23NO2/c1-4-18-14-6-5-12(8-15(14)17-3)9-16-10-13-7-11(13)2/h5-6,8,11,13,16H,4,7,9-10H2,1-3H3. The van der Waals surface area contributed by atoms with Crippen LogP contribution in [0, 0.1) is 11.8 Å². The van der Waals surface area contributed by atoms with Crippen LogP contribution in [0.4, 0.5) is 0 Å². The van der Waals surface area contributed by atoms with Gasteiger partial charge in [-0.1, -0.05) is 13.0 Å². The second-order valence-corrected chi connectivity index (χ2v) is 5.02. The predicted octanol–water partition coefficient (Wildman–Crippen LogP) is 2.84. The molecule has 0 saturated heterocycles. The molecule has 0 aliphatic heterocycles. The third-order valence-electron chi connectivity index (χ3n) is 3.54. The van der Waals surface area contributed by atoms with Crippen molar-refractivity contribution in [1.82, 2.24) is 5.32 Å². The van der Waals surface area contributed by atoms with Gasteiger partial charge < -0.3 is 14.8 Å². The van der Waals surface area contributed by atoms with E-state index < -0.39 is 0 Å². The Morgan fingerprint density at radius 2 is 2.11 bits per heavy atom. The summed E-state index contributed by atoms with van der Waals surface area (Å²) in [6.45, 7) is 6.97. The summed E-state index contributed by atoms with van der Waals surface area (Å²) < 4.78 is 10.8. The smallest absolute Gasteiger partial charge is 0.161 e. The topological polar surface area (TPSA) is 30.5 Å². The molecular weight excluding hydrogens is 226 g/mol. The Bertz CT molecular complexity index is 392. The molecule has 1 aliphatic carbocycles. The van der Waals surface area contributed by atoms with E-state index in [0.29, 0.717) is 6.61 Å². The number of methoxy groups -OCH3 is 1. The average Bonchev–Trinajstić information content (AvgIpc) is 3.07. The minimum absolute atomic E-state index is 0.660. The number of benzene rings is 1. The molecule has 2 atom stereocenters. The maximum absolute atomic E-state index is 5.50. The molecule has 1 fully saturated rings. The summed E-state index contributed by atoms with van der Waals surface area (Å²) in [6.07, 6.45) is 1.37. The number of ether oxygens (including phenoxy) is 2. The highest BCUT2D eigenvalue weighted by Gasteiger charge is 2.31. The quantitative estimate of drug-likeness (QED) is 0.806. The van der Waals surface area contributed by atoms with Crippen LogP contribution in [0.5, 0.6) is 11.5 Å². The van der Waals surface area contributed by atoms with Crippen LogP contribution in [0.3, 0.4) is 0 Å². The summed E-state index contributed by atoms with van der Waals surface area (Å²) in [7, 11) is 1.68. The second-order valence-electron chi connectivity index (χ2n) is 5.02. The van der Waals surface area contributed by atoms with Gasteiger partial charge in [0.25, 0.3) is 0 Å². The lowest BCUT2D eigenvalue weighted by atomic mass is 10.2. The Balaban J connectivity index is 1.87. The molecule has 1 aliphatic rings. The van der Waals surface area contributed by atoms with Crippen molar-refractivity contribution in [3.05, 3.63) is 23.8 Å². The molecule has 1 saturated carbocycles. The number of hydrogen-bond donors (Lipinski definition) is 1. The lowest BCUT2D eigenvalue weighted by Crippen LogP contribution is -2.16. The molecule has 3 nitrogen and oxygen atoms in total. The monoisotopic (exact) mass is 249 g/mol. The van der Waals surface area contributed by atoms with Crippen molar-refractivity contribution in [2.45, 2.75) is 26.8 Å². The van der Waals surface area contributed by atoms with E-state index in [1.165, 1.54) is 12.0 Å². The summed E-state index contributed by atoms with van der Waals surface area (Å²) in [6, 6.07) is 6.13. The van der Waals surface area contributed by atoms with Crippen LogP contribution < -0.4 is 14.8 Å². The molecule has 1 aromatic carbocycles. The largest absolute Gasteiger partial charge is 0.493 e. The fraction of sp³-hybridized carbons (Fsp3) is 0.600. The van der Waals surface area contributed by atoms with Gasteiger partial charge >= 0.3 is 0 Å². The molecule has 0 heterocycles. The molecule has 2 unspecified atom stereocenters. The fourth-order valence-corrected chi connectivity index (χ4v) is 2.18. The maximum Gasteiger partial charge on any atom is 0.161 e. The molecule has 0 spiro atoms. The second kappa shape index (κ2) is 6.10. The Morgan fingerprint density at radius 3 is 2.72 bits per heavy atom. The summed E-state index contributed by atoms with van der Waals surface area (Å²) >= 11 is 0. The van der Waals surface area contributed by atoms with Gasteiger partial charge in [-0.3, -0.25) is 0 Å². The van der Waals surface area contributed by atoms with Gasteiger partial charge in [-0.05, 0) is 49.4 Å². The highest BCUT2D eigenvalue weighted by molar-refractivity contribution is 5.42. The normalized spacial score (nSPS) is 21.7. The van der Waals surface area contributed by atoms with Crippen molar-refractivity contribution >= 4 is 0 Å². The van der Waals surface area contributed by atoms with Gasteiger partial charge in [-0.25, -0.2) is 0 Å². The molecule has 0 bridgehead atoms. The maximum atomic E-state index is 5.50. The van der Waals surface area contributed by atoms with E-state index in [0.717, 1.165) is 36.4 Å². The van der Waals surface area contributed by atoms with Crippen LogP contribution in [-0.2, 0) is 6.54 Å². The molecule has 18 heavy (non-hydrogen) atoms. The number of rotatable bonds is 7. The lowest BCUT2D eigenvalue weighted by Gasteiger charge is -2.11. The Labute approximate surface area is 109 Å². The summed E-state index contributed by atoms with van der Waals surface area (Å²) in [5, 5.41) is 3.50. The van der Waals surface area contributed by atoms with E-state index >= 15 is 0 Å². The first-order chi connectivity index (χ1) is 8.74. The molecule has 0 radical (unpaired) electrons. The molecular formula is C15H23NO2. The molecule has 0 amide bonds. The van der Waals surface area contributed by atoms with E-state index in [1.807, 2.05) is 19.1 Å². The molecule has 2 rings (SSSR count). The Kier molecular flexibility index (Phi) is 4.48. The van der Waals surface area contributed by atoms with Gasteiger partial charge in [-0.2, -0.15) is 0 Å². The van der Waals surface area contributed by atoms with Gasteiger partial charge in [0, 0.05) is 6.54 Å². The zero-order valence-electron chi connectivity index (χ0n) is 11.5. The summed E-state index contributed by atoms with van der Waals surface area (Å²) in [5.41, 5.74) is 1.24. The van der Waals surface area contributed by atoms with Gasteiger partial charge in [0.1, 0.15) is 0 Å². The molecule has 3 heteroatoms. The predicted molar refractivity (Wildman–Crippen MR) is 73.1 cm³/mol. The van der Waals surface area contributed by atoms with E-state index in [-0.39, 0.29) is 0 Å². The first kappa shape index (κ1) is 13.2. The summed E-state index contributed by atoms with van der Waals surface area (Å²) in [5.74, 6) is 3.43. The van der Waals surface area contributed by atoms with Gasteiger partial charge in [0.2, 0.25) is 0 Å². The first-order valence-electron chi connectivity index (χ1n) is 6.75. The van der Waals surface area contributed by atoms with Crippen LogP contribution in [0.15, 0.2) is 18.2 Å². The highest BCUT2D eigenvalue weighted by atomic mass is 16.5. The van der Waals surface area contributed by atoms with E-state index in [9.17, 15) is 0 Å². The van der Waals surface area contributed by atoms with Crippen molar-refractivity contribution in [2.75, 3.05) is 20.3 Å². The van der Waals surface area contributed by atoms with Crippen molar-refractivity contribution in [3.8, 4) is 11.5 Å². The number of nitrogens with one attached hydrogen (secondary N) is 1. The lowest BCUT2D eigenvalue weighted by molar-refractivity contribution is 0.310. The van der Waals surface area contributed by atoms with Crippen molar-refractivity contribution in [2.24, 2.45) is 11.8 Å². The van der Waals surface area contributed by atoms with Gasteiger partial charge in [-0.15, -0.1) is 0 Å². The summed E-state index contributed by atoms with van der Waals surface area (Å²) in [4.78, 5) is 0. The molecule has 100 valence electrons. The van der Waals surface area contributed by atoms with Crippen LogP contribution in [-0.4, -0.2) is 20.3 Å². The SMILES string of the molecule is CCOc1ccc(CNCC2CC2C)cc1OC. The molecule has 0 aromatic heterocycles. The highest BCUT2D eigenvalue weighted by Crippen LogP contribution is 2.36. The van der Waals surface area contributed by atoms with Crippen molar-refractivity contribution in [3.63, 3.8) is 0 Å². The van der Waals surface area contributed by atoms with E-state index in [1.54, 1.807) is 7.11 Å². The van der Waals surface area contributed by atoms with Crippen LogP contribution in [0.1, 0.15) is 25.8 Å². The van der Waals surface area contributed by atoms with Gasteiger partial charge in [0.05, 0.1) is 13.7 Å². The van der Waals surface area contributed by atoms with Crippen molar-refractivity contribution < 1.29 is 9.47 Å². The zero-order chi connectivity index (χ0) is 13.0. The Hall–Kier alpha value is -1.22.